The predicted octanol–water partition coefficient (Wildman–Crippen LogP) is 3.52. The van der Waals surface area contributed by atoms with Gasteiger partial charge in [0.25, 0.3) is 0 Å². The molecule has 4 heterocycles. The first kappa shape index (κ1) is 19.1. The molecule has 0 aliphatic heterocycles. The van der Waals surface area contributed by atoms with Crippen LogP contribution in [-0.2, 0) is 10.8 Å². The van der Waals surface area contributed by atoms with E-state index in [9.17, 15) is 4.21 Å². The van der Waals surface area contributed by atoms with Crippen molar-refractivity contribution in [1.29, 1.82) is 0 Å². The summed E-state index contributed by atoms with van der Waals surface area (Å²) in [5.41, 5.74) is 6.68. The molecule has 4 rings (SSSR count). The van der Waals surface area contributed by atoms with Crippen LogP contribution in [0.15, 0.2) is 22.3 Å². The SMILES string of the molecule is CCS(=O)c1c(-c2nc3cc(SC)ncn3n2)nn2c(C)c(C)c(C)c(C)c12. The first-order valence-electron chi connectivity index (χ1n) is 9.01. The van der Waals surface area contributed by atoms with E-state index in [4.69, 9.17) is 5.10 Å². The maximum atomic E-state index is 13.0. The molecule has 0 spiro atoms. The molecular formula is C19H22N6OS2. The molecule has 4 aromatic heterocycles. The molecule has 0 fully saturated rings. The summed E-state index contributed by atoms with van der Waals surface area (Å²) in [6.45, 7) is 10.2. The maximum Gasteiger partial charge on any atom is 0.204 e. The van der Waals surface area contributed by atoms with E-state index in [1.807, 2.05) is 30.7 Å². The van der Waals surface area contributed by atoms with E-state index in [0.29, 0.717) is 27.8 Å². The number of aryl methyl sites for hydroxylation is 2. The minimum absolute atomic E-state index is 0.467. The smallest absolute Gasteiger partial charge is 0.204 e. The first-order valence-corrected chi connectivity index (χ1v) is 11.6. The average Bonchev–Trinajstić information content (AvgIpc) is 3.30. The van der Waals surface area contributed by atoms with Gasteiger partial charge in [-0.1, -0.05) is 6.92 Å². The fourth-order valence-corrected chi connectivity index (χ4v) is 4.83. The van der Waals surface area contributed by atoms with Crippen molar-refractivity contribution in [2.45, 2.75) is 44.5 Å². The lowest BCUT2D eigenvalue weighted by Gasteiger charge is -2.12. The Morgan fingerprint density at radius 3 is 2.54 bits per heavy atom. The summed E-state index contributed by atoms with van der Waals surface area (Å²) in [4.78, 5) is 9.70. The highest BCUT2D eigenvalue weighted by Crippen LogP contribution is 2.33. The number of fused-ring (bicyclic) bond motifs is 2. The lowest BCUT2D eigenvalue weighted by atomic mass is 10.0. The summed E-state index contributed by atoms with van der Waals surface area (Å²) >= 11 is 1.55. The van der Waals surface area contributed by atoms with Crippen LogP contribution in [0.25, 0.3) is 22.7 Å². The molecule has 28 heavy (non-hydrogen) atoms. The third-order valence-corrected chi connectivity index (χ3v) is 7.31. The van der Waals surface area contributed by atoms with E-state index in [0.717, 1.165) is 21.8 Å². The van der Waals surface area contributed by atoms with Gasteiger partial charge in [0.1, 0.15) is 17.0 Å². The van der Waals surface area contributed by atoms with Crippen LogP contribution in [0.1, 0.15) is 29.3 Å². The van der Waals surface area contributed by atoms with Crippen molar-refractivity contribution in [3.63, 3.8) is 0 Å². The Morgan fingerprint density at radius 1 is 1.11 bits per heavy atom. The van der Waals surface area contributed by atoms with Crippen molar-refractivity contribution in [3.8, 4) is 11.5 Å². The Morgan fingerprint density at radius 2 is 1.86 bits per heavy atom. The molecule has 0 amide bonds. The van der Waals surface area contributed by atoms with E-state index in [1.165, 1.54) is 11.1 Å². The largest absolute Gasteiger partial charge is 0.254 e. The minimum Gasteiger partial charge on any atom is -0.254 e. The second kappa shape index (κ2) is 6.97. The zero-order valence-corrected chi connectivity index (χ0v) is 18.4. The molecule has 0 saturated heterocycles. The topological polar surface area (TPSA) is 77.5 Å². The monoisotopic (exact) mass is 414 g/mol. The first-order chi connectivity index (χ1) is 13.4. The zero-order valence-electron chi connectivity index (χ0n) is 16.8. The van der Waals surface area contributed by atoms with Crippen LogP contribution >= 0.6 is 11.8 Å². The highest BCUT2D eigenvalue weighted by Gasteiger charge is 2.26. The molecule has 0 aromatic carbocycles. The molecule has 0 radical (unpaired) electrons. The van der Waals surface area contributed by atoms with Crippen LogP contribution < -0.4 is 0 Å². The maximum absolute atomic E-state index is 13.0. The molecule has 146 valence electrons. The molecule has 0 saturated carbocycles. The molecule has 1 unspecified atom stereocenters. The third-order valence-electron chi connectivity index (χ3n) is 5.30. The van der Waals surface area contributed by atoms with Gasteiger partial charge in [-0.2, -0.15) is 5.10 Å². The Hall–Kier alpha value is -2.26. The summed E-state index contributed by atoms with van der Waals surface area (Å²) < 4.78 is 16.6. The van der Waals surface area contributed by atoms with Crippen molar-refractivity contribution in [3.05, 3.63) is 34.8 Å². The molecule has 7 nitrogen and oxygen atoms in total. The van der Waals surface area contributed by atoms with Crippen molar-refractivity contribution < 1.29 is 4.21 Å². The van der Waals surface area contributed by atoms with Gasteiger partial charge in [-0.15, -0.1) is 16.9 Å². The fourth-order valence-electron chi connectivity index (χ4n) is 3.36. The van der Waals surface area contributed by atoms with Crippen molar-refractivity contribution in [2.75, 3.05) is 12.0 Å². The van der Waals surface area contributed by atoms with E-state index in [-0.39, 0.29) is 0 Å². The lowest BCUT2D eigenvalue weighted by Crippen LogP contribution is -2.03. The summed E-state index contributed by atoms with van der Waals surface area (Å²) in [6, 6.07) is 1.89. The van der Waals surface area contributed by atoms with Gasteiger partial charge < -0.3 is 0 Å². The predicted molar refractivity (Wildman–Crippen MR) is 113 cm³/mol. The average molecular weight is 415 g/mol. The molecule has 4 aromatic rings. The Bertz CT molecular complexity index is 1260. The highest BCUT2D eigenvalue weighted by atomic mass is 32.2. The Labute approximate surface area is 170 Å². The van der Waals surface area contributed by atoms with Crippen LogP contribution in [0, 0.1) is 27.7 Å². The molecule has 0 aliphatic carbocycles. The fraction of sp³-hybridized carbons (Fsp3) is 0.368. The summed E-state index contributed by atoms with van der Waals surface area (Å²) in [6.07, 6.45) is 3.62. The van der Waals surface area contributed by atoms with Gasteiger partial charge in [0, 0.05) is 17.5 Å². The van der Waals surface area contributed by atoms with Gasteiger partial charge in [0.05, 0.1) is 21.2 Å². The molecule has 1 atom stereocenters. The lowest BCUT2D eigenvalue weighted by molar-refractivity contribution is 0.684. The number of nitrogens with zero attached hydrogens (tertiary/aromatic N) is 6. The Kier molecular flexibility index (Phi) is 4.75. The van der Waals surface area contributed by atoms with E-state index in [2.05, 4.69) is 35.8 Å². The quantitative estimate of drug-likeness (QED) is 0.376. The summed E-state index contributed by atoms with van der Waals surface area (Å²) in [5, 5.41) is 10.2. The molecule has 0 aliphatic rings. The molecular weight excluding hydrogens is 392 g/mol. The number of aromatic nitrogens is 6. The van der Waals surface area contributed by atoms with E-state index >= 15 is 0 Å². The van der Waals surface area contributed by atoms with Gasteiger partial charge >= 0.3 is 0 Å². The minimum atomic E-state index is -1.20. The number of thioether (sulfide) groups is 1. The molecule has 0 bridgehead atoms. The van der Waals surface area contributed by atoms with Crippen LogP contribution in [-0.4, -0.2) is 45.4 Å². The van der Waals surface area contributed by atoms with Gasteiger partial charge in [-0.3, -0.25) is 4.21 Å². The number of rotatable bonds is 4. The summed E-state index contributed by atoms with van der Waals surface area (Å²) in [5.74, 6) is 0.973. The highest BCUT2D eigenvalue weighted by molar-refractivity contribution is 7.98. The van der Waals surface area contributed by atoms with Crippen LogP contribution in [0.5, 0.6) is 0 Å². The molecule has 9 heteroatoms. The van der Waals surface area contributed by atoms with Crippen molar-refractivity contribution in [1.82, 2.24) is 29.2 Å². The zero-order chi connectivity index (χ0) is 20.2. The van der Waals surface area contributed by atoms with Gasteiger partial charge in [-0.25, -0.2) is 19.0 Å². The van der Waals surface area contributed by atoms with Crippen LogP contribution in [0.2, 0.25) is 0 Å². The Balaban J connectivity index is 2.08. The number of hydrogen-bond acceptors (Lipinski definition) is 6. The van der Waals surface area contributed by atoms with E-state index in [1.54, 1.807) is 22.6 Å². The van der Waals surface area contributed by atoms with Crippen LogP contribution in [0.3, 0.4) is 0 Å². The van der Waals surface area contributed by atoms with Crippen molar-refractivity contribution >= 4 is 33.7 Å². The van der Waals surface area contributed by atoms with Crippen LogP contribution in [0.4, 0.5) is 0 Å². The van der Waals surface area contributed by atoms with E-state index < -0.39 is 10.8 Å². The standard InChI is InChI=1S/C19H22N6OS2/c1-7-28(26)18-16(19-21-14-8-15(27-6)20-9-24(14)23-19)22-25-13(5)11(3)10(2)12(4)17(18)25/h8-9H,7H2,1-6H3. The van der Waals surface area contributed by atoms with Gasteiger partial charge in [0.2, 0.25) is 5.82 Å². The normalized spacial score (nSPS) is 12.9. The second-order valence-corrected chi connectivity index (χ2v) is 9.21. The van der Waals surface area contributed by atoms with Gasteiger partial charge in [-0.05, 0) is 50.6 Å². The van der Waals surface area contributed by atoms with Crippen molar-refractivity contribution in [2.24, 2.45) is 0 Å². The third kappa shape index (κ3) is 2.76. The van der Waals surface area contributed by atoms with Gasteiger partial charge in [0.15, 0.2) is 5.65 Å². The number of hydrogen-bond donors (Lipinski definition) is 0. The second-order valence-electron chi connectivity index (χ2n) is 6.70. The number of pyridine rings is 1. The summed E-state index contributed by atoms with van der Waals surface area (Å²) in [7, 11) is -1.20. The molecule has 0 N–H and O–H groups in total.